The molecule has 0 amide bonds. The van der Waals surface area contributed by atoms with Crippen LogP contribution in [0.25, 0.3) is 0 Å². The molecule has 11 heavy (non-hydrogen) atoms. The van der Waals surface area contributed by atoms with Gasteiger partial charge in [-0.1, -0.05) is 6.08 Å². The molecule has 2 N–H and O–H groups in total. The minimum Gasteiger partial charge on any atom is -0.390 e. The largest absolute Gasteiger partial charge is 0.390 e. The quantitative estimate of drug-likeness (QED) is 0.538. The summed E-state index contributed by atoms with van der Waals surface area (Å²) in [7, 11) is 2.00. The lowest BCUT2D eigenvalue weighted by atomic mass is 10.2. The monoisotopic (exact) mass is 156 g/mol. The van der Waals surface area contributed by atoms with Gasteiger partial charge in [0.25, 0.3) is 0 Å². The van der Waals surface area contributed by atoms with Crippen LogP contribution in [0.2, 0.25) is 0 Å². The van der Waals surface area contributed by atoms with Gasteiger partial charge in [0.2, 0.25) is 0 Å². The molecule has 1 fully saturated rings. The summed E-state index contributed by atoms with van der Waals surface area (Å²) in [5, 5.41) is 12.6. The maximum atomic E-state index is 9.45. The van der Waals surface area contributed by atoms with Gasteiger partial charge in [-0.3, -0.25) is 4.90 Å². The molecule has 0 saturated carbocycles. The Balaban J connectivity index is 2.38. The second-order valence-corrected chi connectivity index (χ2v) is 3.02. The molecule has 1 aliphatic heterocycles. The zero-order chi connectivity index (χ0) is 8.27. The van der Waals surface area contributed by atoms with Gasteiger partial charge in [-0.15, -0.1) is 6.58 Å². The molecule has 0 aromatic rings. The van der Waals surface area contributed by atoms with E-state index in [0.717, 1.165) is 13.1 Å². The van der Waals surface area contributed by atoms with Crippen molar-refractivity contribution in [3.8, 4) is 0 Å². The summed E-state index contributed by atoms with van der Waals surface area (Å²) < 4.78 is 0. The molecule has 0 bridgehead atoms. The van der Waals surface area contributed by atoms with E-state index in [9.17, 15) is 5.11 Å². The van der Waals surface area contributed by atoms with E-state index < -0.39 is 0 Å². The van der Waals surface area contributed by atoms with Crippen molar-refractivity contribution in [2.75, 3.05) is 26.7 Å². The van der Waals surface area contributed by atoms with Crippen molar-refractivity contribution in [2.45, 2.75) is 12.1 Å². The van der Waals surface area contributed by atoms with E-state index in [1.54, 1.807) is 0 Å². The van der Waals surface area contributed by atoms with Crippen molar-refractivity contribution in [1.29, 1.82) is 0 Å². The summed E-state index contributed by atoms with van der Waals surface area (Å²) in [6, 6.07) is 0.257. The molecule has 3 heteroatoms. The number of hydrogen-bond donors (Lipinski definition) is 2. The Kier molecular flexibility index (Phi) is 3.05. The lowest BCUT2D eigenvalue weighted by molar-refractivity contribution is 0.106. The third-order valence-corrected chi connectivity index (χ3v) is 2.13. The third kappa shape index (κ3) is 2.02. The van der Waals surface area contributed by atoms with Crippen LogP contribution < -0.4 is 5.32 Å². The Morgan fingerprint density at radius 2 is 2.45 bits per heavy atom. The lowest BCUT2D eigenvalue weighted by Crippen LogP contribution is -2.40. The van der Waals surface area contributed by atoms with Gasteiger partial charge in [0.15, 0.2) is 0 Å². The fourth-order valence-electron chi connectivity index (χ4n) is 1.44. The highest BCUT2D eigenvalue weighted by molar-refractivity contribution is 4.89. The number of aliphatic hydroxyl groups is 1. The first-order chi connectivity index (χ1) is 5.25. The molecular weight excluding hydrogens is 140 g/mol. The average molecular weight is 156 g/mol. The van der Waals surface area contributed by atoms with Crippen molar-refractivity contribution < 1.29 is 5.11 Å². The van der Waals surface area contributed by atoms with Crippen molar-refractivity contribution in [2.24, 2.45) is 0 Å². The fourth-order valence-corrected chi connectivity index (χ4v) is 1.44. The topological polar surface area (TPSA) is 35.5 Å². The fraction of sp³-hybridized carbons (Fsp3) is 0.750. The lowest BCUT2D eigenvalue weighted by Gasteiger charge is -2.24. The van der Waals surface area contributed by atoms with Crippen LogP contribution in [-0.4, -0.2) is 48.8 Å². The highest BCUT2D eigenvalue weighted by Gasteiger charge is 2.27. The van der Waals surface area contributed by atoms with Crippen LogP contribution in [0.4, 0.5) is 0 Å². The molecule has 2 atom stereocenters. The number of nitrogens with one attached hydrogen (secondary N) is 1. The number of aliphatic hydroxyl groups excluding tert-OH is 1. The van der Waals surface area contributed by atoms with Gasteiger partial charge >= 0.3 is 0 Å². The predicted octanol–water partition coefficient (Wildman–Crippen LogP) is -0.563. The standard InChI is InChI=1S/C8H16N2O/c1-3-4-10(2)7-5-9-6-8(7)11/h3,7-9,11H,1,4-6H2,2H3/t7-,8-/m1/s1. The maximum Gasteiger partial charge on any atom is 0.0831 e. The molecule has 0 aromatic heterocycles. The van der Waals surface area contributed by atoms with Gasteiger partial charge < -0.3 is 10.4 Å². The van der Waals surface area contributed by atoms with E-state index in [1.807, 2.05) is 13.1 Å². The van der Waals surface area contributed by atoms with Crippen LogP contribution in [0.1, 0.15) is 0 Å². The van der Waals surface area contributed by atoms with Gasteiger partial charge in [0, 0.05) is 25.7 Å². The van der Waals surface area contributed by atoms with E-state index in [0.29, 0.717) is 6.54 Å². The molecule has 0 spiro atoms. The number of likely N-dealkylation sites (N-methyl/N-ethyl adjacent to an activating group) is 1. The third-order valence-electron chi connectivity index (χ3n) is 2.13. The van der Waals surface area contributed by atoms with E-state index in [2.05, 4.69) is 16.8 Å². The Labute approximate surface area is 67.7 Å². The Morgan fingerprint density at radius 1 is 1.73 bits per heavy atom. The van der Waals surface area contributed by atoms with Crippen LogP contribution in [0.15, 0.2) is 12.7 Å². The SMILES string of the molecule is C=CCN(C)[C@@H]1CNC[C@H]1O. The van der Waals surface area contributed by atoms with Crippen LogP contribution in [0.3, 0.4) is 0 Å². The predicted molar refractivity (Wildman–Crippen MR) is 45.5 cm³/mol. The number of rotatable bonds is 3. The van der Waals surface area contributed by atoms with Crippen molar-refractivity contribution in [3.63, 3.8) is 0 Å². The van der Waals surface area contributed by atoms with Crippen LogP contribution in [0, 0.1) is 0 Å². The summed E-state index contributed by atoms with van der Waals surface area (Å²) in [4.78, 5) is 2.11. The second-order valence-electron chi connectivity index (χ2n) is 3.02. The molecular formula is C8H16N2O. The highest BCUT2D eigenvalue weighted by Crippen LogP contribution is 2.06. The van der Waals surface area contributed by atoms with E-state index in [1.165, 1.54) is 0 Å². The first-order valence-corrected chi connectivity index (χ1v) is 3.95. The molecule has 1 heterocycles. The molecule has 1 saturated heterocycles. The summed E-state index contributed by atoms with van der Waals surface area (Å²) in [5.74, 6) is 0. The minimum atomic E-state index is -0.222. The van der Waals surface area contributed by atoms with Gasteiger partial charge in [0.05, 0.1) is 6.10 Å². The van der Waals surface area contributed by atoms with Gasteiger partial charge in [0.1, 0.15) is 0 Å². The van der Waals surface area contributed by atoms with Crippen molar-refractivity contribution in [1.82, 2.24) is 10.2 Å². The van der Waals surface area contributed by atoms with Crippen LogP contribution >= 0.6 is 0 Å². The van der Waals surface area contributed by atoms with Crippen LogP contribution in [0.5, 0.6) is 0 Å². The average Bonchev–Trinajstić information content (AvgIpc) is 2.36. The number of β-amino-alcohol motifs (C(OH)–C–C–N with tert-alkyl or cyclic N) is 1. The zero-order valence-electron chi connectivity index (χ0n) is 6.95. The van der Waals surface area contributed by atoms with E-state index in [-0.39, 0.29) is 12.1 Å². The van der Waals surface area contributed by atoms with Gasteiger partial charge in [-0.2, -0.15) is 0 Å². The molecule has 1 rings (SSSR count). The van der Waals surface area contributed by atoms with Gasteiger partial charge in [-0.25, -0.2) is 0 Å². The Bertz CT molecular complexity index is 138. The smallest absolute Gasteiger partial charge is 0.0831 e. The summed E-state index contributed by atoms with van der Waals surface area (Å²) in [6.07, 6.45) is 1.63. The first-order valence-electron chi connectivity index (χ1n) is 3.95. The zero-order valence-corrected chi connectivity index (χ0v) is 6.95. The molecule has 64 valence electrons. The maximum absolute atomic E-state index is 9.45. The van der Waals surface area contributed by atoms with Crippen LogP contribution in [-0.2, 0) is 0 Å². The summed E-state index contributed by atoms with van der Waals surface area (Å²) in [5.41, 5.74) is 0. The minimum absolute atomic E-state index is 0.222. The Hall–Kier alpha value is -0.380. The number of hydrogen-bond acceptors (Lipinski definition) is 3. The van der Waals surface area contributed by atoms with E-state index in [4.69, 9.17) is 0 Å². The number of nitrogens with zero attached hydrogens (tertiary/aromatic N) is 1. The van der Waals surface area contributed by atoms with Crippen molar-refractivity contribution in [3.05, 3.63) is 12.7 Å². The molecule has 1 aliphatic rings. The van der Waals surface area contributed by atoms with E-state index >= 15 is 0 Å². The molecule has 0 aromatic carbocycles. The first kappa shape index (κ1) is 8.71. The highest BCUT2D eigenvalue weighted by atomic mass is 16.3. The second kappa shape index (κ2) is 3.85. The molecule has 3 nitrogen and oxygen atoms in total. The molecule has 0 radical (unpaired) electrons. The summed E-state index contributed by atoms with van der Waals surface area (Å²) >= 11 is 0. The Morgan fingerprint density at radius 3 is 2.91 bits per heavy atom. The normalized spacial score (nSPS) is 31.2. The molecule has 0 aliphatic carbocycles. The summed E-state index contributed by atoms with van der Waals surface area (Å²) in [6.45, 7) is 6.08. The van der Waals surface area contributed by atoms with Gasteiger partial charge in [-0.05, 0) is 7.05 Å². The van der Waals surface area contributed by atoms with Crippen molar-refractivity contribution >= 4 is 0 Å². The molecule has 0 unspecified atom stereocenters.